The summed E-state index contributed by atoms with van der Waals surface area (Å²) in [5.41, 5.74) is 6.08. The first kappa shape index (κ1) is 14.7. The van der Waals surface area contributed by atoms with Crippen LogP contribution in [0.5, 0.6) is 0 Å². The minimum atomic E-state index is -3.70. The second kappa shape index (κ2) is 5.97. The number of carbonyl (C=O) groups excluding carboxylic acids is 1. The first-order valence-electron chi connectivity index (χ1n) is 5.78. The molecule has 4 N–H and O–H groups in total. The van der Waals surface area contributed by atoms with Crippen molar-refractivity contribution in [2.75, 3.05) is 0 Å². The van der Waals surface area contributed by atoms with Crippen LogP contribution in [0.25, 0.3) is 0 Å². The number of primary amides is 1. The lowest BCUT2D eigenvalue weighted by Gasteiger charge is -2.13. The molecule has 1 aromatic rings. The Balaban J connectivity index is 2.97. The Bertz CT molecular complexity index is 509. The fourth-order valence-corrected chi connectivity index (χ4v) is 2.29. The van der Waals surface area contributed by atoms with Gasteiger partial charge in [0.15, 0.2) is 0 Å². The van der Waals surface area contributed by atoms with Crippen molar-refractivity contribution in [2.24, 2.45) is 10.9 Å². The number of nitrogens with two attached hydrogens (primary N) is 2. The number of benzene rings is 1. The molecule has 0 heterocycles. The lowest BCUT2D eigenvalue weighted by Crippen LogP contribution is -2.21. The van der Waals surface area contributed by atoms with E-state index in [-0.39, 0.29) is 10.8 Å². The molecule has 0 aliphatic heterocycles. The highest BCUT2D eigenvalue weighted by Gasteiger charge is 2.18. The van der Waals surface area contributed by atoms with E-state index in [1.165, 1.54) is 12.1 Å². The van der Waals surface area contributed by atoms with Crippen LogP contribution in [0.3, 0.4) is 0 Å². The monoisotopic (exact) mass is 270 g/mol. The second-order valence-corrected chi connectivity index (χ2v) is 5.77. The van der Waals surface area contributed by atoms with Gasteiger partial charge in [-0.05, 0) is 24.1 Å². The van der Waals surface area contributed by atoms with Crippen molar-refractivity contribution in [1.82, 2.24) is 0 Å². The van der Waals surface area contributed by atoms with Crippen molar-refractivity contribution in [3.8, 4) is 0 Å². The van der Waals surface area contributed by atoms with Crippen molar-refractivity contribution in [3.63, 3.8) is 0 Å². The number of hydrogen-bond acceptors (Lipinski definition) is 3. The van der Waals surface area contributed by atoms with Gasteiger partial charge in [0, 0.05) is 0 Å². The van der Waals surface area contributed by atoms with Crippen LogP contribution < -0.4 is 10.9 Å². The second-order valence-electron chi connectivity index (χ2n) is 4.21. The van der Waals surface area contributed by atoms with Gasteiger partial charge in [-0.1, -0.05) is 31.9 Å². The molecule has 0 fully saturated rings. The summed E-state index contributed by atoms with van der Waals surface area (Å²) in [6.45, 7) is 2.03. The molecular weight excluding hydrogens is 252 g/mol. The third kappa shape index (κ3) is 3.82. The average molecular weight is 270 g/mol. The van der Waals surface area contributed by atoms with Crippen LogP contribution in [0.2, 0.25) is 0 Å². The van der Waals surface area contributed by atoms with Gasteiger partial charge in [0.2, 0.25) is 15.9 Å². The molecule has 0 saturated carbocycles. The minimum absolute atomic E-state index is 0.0324. The average Bonchev–Trinajstić information content (AvgIpc) is 2.28. The van der Waals surface area contributed by atoms with Gasteiger partial charge in [-0.3, -0.25) is 4.79 Å². The Morgan fingerprint density at radius 1 is 1.28 bits per heavy atom. The maximum absolute atomic E-state index is 11.4. The molecule has 18 heavy (non-hydrogen) atoms. The van der Waals surface area contributed by atoms with Gasteiger partial charge in [-0.15, -0.1) is 0 Å². The Labute approximate surface area is 107 Å². The molecule has 1 aromatic carbocycles. The van der Waals surface area contributed by atoms with E-state index < -0.39 is 15.9 Å². The number of sulfonamides is 1. The first-order valence-corrected chi connectivity index (χ1v) is 7.33. The lowest BCUT2D eigenvalue weighted by atomic mass is 9.93. The molecule has 1 rings (SSSR count). The Hall–Kier alpha value is -1.40. The van der Waals surface area contributed by atoms with Gasteiger partial charge in [-0.25, -0.2) is 13.6 Å². The Morgan fingerprint density at radius 3 is 2.22 bits per heavy atom. The summed E-state index contributed by atoms with van der Waals surface area (Å²) in [4.78, 5) is 11.4. The van der Waals surface area contributed by atoms with E-state index >= 15 is 0 Å². The van der Waals surface area contributed by atoms with E-state index in [1.807, 2.05) is 6.92 Å². The van der Waals surface area contributed by atoms with E-state index in [4.69, 9.17) is 10.9 Å². The van der Waals surface area contributed by atoms with Crippen molar-refractivity contribution in [2.45, 2.75) is 37.0 Å². The van der Waals surface area contributed by atoms with Gasteiger partial charge < -0.3 is 5.73 Å². The summed E-state index contributed by atoms with van der Waals surface area (Å²) in [5, 5.41) is 5.00. The summed E-state index contributed by atoms with van der Waals surface area (Å²) in [5.74, 6) is -0.772. The molecule has 1 unspecified atom stereocenters. The van der Waals surface area contributed by atoms with Crippen molar-refractivity contribution in [1.29, 1.82) is 0 Å². The highest BCUT2D eigenvalue weighted by atomic mass is 32.2. The molecule has 0 saturated heterocycles. The van der Waals surface area contributed by atoms with Crippen molar-refractivity contribution < 1.29 is 13.2 Å². The zero-order valence-electron chi connectivity index (χ0n) is 10.3. The highest BCUT2D eigenvalue weighted by molar-refractivity contribution is 7.89. The van der Waals surface area contributed by atoms with Crippen LogP contribution in [0.1, 0.15) is 37.7 Å². The van der Waals surface area contributed by atoms with Gasteiger partial charge in [0.1, 0.15) is 0 Å². The van der Waals surface area contributed by atoms with Crippen molar-refractivity contribution >= 4 is 15.9 Å². The van der Waals surface area contributed by atoms with E-state index in [0.717, 1.165) is 18.4 Å². The molecule has 1 atom stereocenters. The topological polar surface area (TPSA) is 103 Å². The molecule has 5 nitrogen and oxygen atoms in total. The quantitative estimate of drug-likeness (QED) is 0.808. The predicted molar refractivity (Wildman–Crippen MR) is 69.3 cm³/mol. The molecule has 0 spiro atoms. The van der Waals surface area contributed by atoms with Gasteiger partial charge >= 0.3 is 0 Å². The smallest absolute Gasteiger partial charge is 0.238 e. The van der Waals surface area contributed by atoms with Gasteiger partial charge in [0.05, 0.1) is 10.8 Å². The summed E-state index contributed by atoms with van der Waals surface area (Å²) >= 11 is 0. The summed E-state index contributed by atoms with van der Waals surface area (Å²) < 4.78 is 22.2. The predicted octanol–water partition coefficient (Wildman–Crippen LogP) is 1.09. The number of hydrogen-bond donors (Lipinski definition) is 2. The molecule has 0 aliphatic carbocycles. The van der Waals surface area contributed by atoms with Crippen LogP contribution in [-0.4, -0.2) is 14.3 Å². The Kier molecular flexibility index (Phi) is 4.86. The van der Waals surface area contributed by atoms with Crippen LogP contribution in [0.4, 0.5) is 0 Å². The van der Waals surface area contributed by atoms with E-state index in [9.17, 15) is 13.2 Å². The summed E-state index contributed by atoms with van der Waals surface area (Å²) in [7, 11) is -3.70. The maximum atomic E-state index is 11.4. The van der Waals surface area contributed by atoms with Crippen LogP contribution >= 0.6 is 0 Å². The number of unbranched alkanes of at least 4 members (excludes halogenated alkanes) is 1. The van der Waals surface area contributed by atoms with Crippen LogP contribution in [0.15, 0.2) is 29.2 Å². The highest BCUT2D eigenvalue weighted by Crippen LogP contribution is 2.23. The molecule has 0 aromatic heterocycles. The molecule has 0 radical (unpaired) electrons. The Morgan fingerprint density at radius 2 is 1.83 bits per heavy atom. The number of amides is 1. The molecule has 0 bridgehead atoms. The van der Waals surface area contributed by atoms with Gasteiger partial charge in [0.25, 0.3) is 0 Å². The summed E-state index contributed by atoms with van der Waals surface area (Å²) in [6, 6.07) is 5.97. The lowest BCUT2D eigenvalue weighted by molar-refractivity contribution is -0.119. The standard InChI is InChI=1S/C12H18N2O3S/c1-2-3-4-11(12(13)15)9-5-7-10(8-6-9)18(14,16)17/h5-8,11H,2-4H2,1H3,(H2,13,15)(H2,14,16,17). The molecular formula is C12H18N2O3S. The first-order chi connectivity index (χ1) is 8.36. The molecule has 0 aliphatic rings. The summed E-state index contributed by atoms with van der Waals surface area (Å²) in [6.07, 6.45) is 2.53. The number of rotatable bonds is 6. The zero-order chi connectivity index (χ0) is 13.8. The van der Waals surface area contributed by atoms with Crippen molar-refractivity contribution in [3.05, 3.63) is 29.8 Å². The zero-order valence-corrected chi connectivity index (χ0v) is 11.1. The molecule has 1 amide bonds. The maximum Gasteiger partial charge on any atom is 0.238 e. The van der Waals surface area contributed by atoms with E-state index in [1.54, 1.807) is 12.1 Å². The van der Waals surface area contributed by atoms with Crippen LogP contribution in [0, 0.1) is 0 Å². The van der Waals surface area contributed by atoms with Gasteiger partial charge in [-0.2, -0.15) is 0 Å². The van der Waals surface area contributed by atoms with E-state index in [0.29, 0.717) is 6.42 Å². The molecule has 6 heteroatoms. The minimum Gasteiger partial charge on any atom is -0.369 e. The van der Waals surface area contributed by atoms with E-state index in [2.05, 4.69) is 0 Å². The third-order valence-corrected chi connectivity index (χ3v) is 3.73. The SMILES string of the molecule is CCCCC(C(N)=O)c1ccc(S(N)(=O)=O)cc1. The third-order valence-electron chi connectivity index (χ3n) is 2.80. The largest absolute Gasteiger partial charge is 0.369 e. The fourth-order valence-electron chi connectivity index (χ4n) is 1.77. The fraction of sp³-hybridized carbons (Fsp3) is 0.417. The number of primary sulfonamides is 1. The molecule has 100 valence electrons. The normalized spacial score (nSPS) is 13.2. The van der Waals surface area contributed by atoms with Crippen LogP contribution in [-0.2, 0) is 14.8 Å². The number of carbonyl (C=O) groups is 1.